The Hall–Kier alpha value is -4.57. The number of hydrogen-bond acceptors (Lipinski definition) is 12. The van der Waals surface area contributed by atoms with Gasteiger partial charge in [0.15, 0.2) is 0 Å². The van der Waals surface area contributed by atoms with Crippen molar-refractivity contribution in [2.24, 2.45) is 0 Å². The van der Waals surface area contributed by atoms with Gasteiger partial charge < -0.3 is 24.9 Å². The second-order valence-corrected chi connectivity index (χ2v) is 14.5. The summed E-state index contributed by atoms with van der Waals surface area (Å²) in [5, 5.41) is 16.2. The first kappa shape index (κ1) is 32.0. The van der Waals surface area contributed by atoms with Crippen molar-refractivity contribution in [1.29, 1.82) is 0 Å². The zero-order valence-electron chi connectivity index (χ0n) is 27.1. The first-order valence-electron chi connectivity index (χ1n) is 16.3. The predicted molar refractivity (Wildman–Crippen MR) is 182 cm³/mol. The van der Waals surface area contributed by atoms with E-state index in [2.05, 4.69) is 31.9 Å². The van der Waals surface area contributed by atoms with Crippen molar-refractivity contribution in [2.45, 2.75) is 69.7 Å². The van der Waals surface area contributed by atoms with Crippen LogP contribution in [-0.2, 0) is 14.8 Å². The summed E-state index contributed by atoms with van der Waals surface area (Å²) in [4.78, 5) is 24.8. The Morgan fingerprint density at radius 2 is 1.79 bits per heavy atom. The quantitative estimate of drug-likeness (QED) is 0.105. The number of imidazole rings is 1. The lowest BCUT2D eigenvalue weighted by Gasteiger charge is -2.31. The highest BCUT2D eigenvalue weighted by atomic mass is 32.2. The molecule has 0 spiro atoms. The fourth-order valence-corrected chi connectivity index (χ4v) is 7.83. The van der Waals surface area contributed by atoms with Crippen LogP contribution in [0.25, 0.3) is 10.9 Å². The summed E-state index contributed by atoms with van der Waals surface area (Å²) in [5.41, 5.74) is 1.61. The van der Waals surface area contributed by atoms with Crippen LogP contribution in [0.15, 0.2) is 43.0 Å². The van der Waals surface area contributed by atoms with Gasteiger partial charge in [-0.2, -0.15) is 4.98 Å². The van der Waals surface area contributed by atoms with Crippen LogP contribution in [0.2, 0.25) is 0 Å². The van der Waals surface area contributed by atoms with Gasteiger partial charge >= 0.3 is 5.95 Å². The molecule has 0 radical (unpaired) electrons. The fraction of sp³-hybridized carbons (Fsp3) is 0.500. The van der Waals surface area contributed by atoms with Crippen LogP contribution in [0, 0.1) is 5.21 Å². The highest BCUT2D eigenvalue weighted by Crippen LogP contribution is 2.43. The highest BCUT2D eigenvalue weighted by molar-refractivity contribution is 7.92. The Labute approximate surface area is 279 Å². The van der Waals surface area contributed by atoms with E-state index < -0.39 is 16.1 Å². The molecule has 1 saturated heterocycles. The maximum Gasteiger partial charge on any atom is 0.399 e. The van der Waals surface area contributed by atoms with Crippen molar-refractivity contribution in [3.8, 4) is 5.88 Å². The summed E-state index contributed by atoms with van der Waals surface area (Å²) in [7, 11) is -3.82. The van der Waals surface area contributed by atoms with Crippen LogP contribution in [0.1, 0.15) is 63.2 Å². The molecule has 16 heteroatoms. The van der Waals surface area contributed by atoms with Gasteiger partial charge in [0.1, 0.15) is 23.8 Å². The second kappa shape index (κ2) is 13.1. The van der Waals surface area contributed by atoms with Crippen LogP contribution in [0.5, 0.6) is 5.88 Å². The normalized spacial score (nSPS) is 20.8. The van der Waals surface area contributed by atoms with Crippen molar-refractivity contribution in [3.05, 3.63) is 53.9 Å². The number of rotatable bonds is 11. The predicted octanol–water partition coefficient (Wildman–Crippen LogP) is 3.96. The van der Waals surface area contributed by atoms with E-state index in [1.54, 1.807) is 48.4 Å². The van der Waals surface area contributed by atoms with Crippen LogP contribution in [0.4, 0.5) is 23.4 Å². The molecule has 0 aromatic carbocycles. The lowest BCUT2D eigenvalue weighted by atomic mass is 9.93. The molecule has 15 nitrogen and oxygen atoms in total. The first-order valence-corrected chi connectivity index (χ1v) is 18.2. The van der Waals surface area contributed by atoms with Gasteiger partial charge in [-0.15, -0.1) is 0 Å². The number of aromatic nitrogens is 6. The molecule has 1 N–H and O–H groups in total. The minimum atomic E-state index is -3.82. The van der Waals surface area contributed by atoms with E-state index in [9.17, 15) is 13.6 Å². The topological polar surface area (TPSA) is 167 Å². The lowest BCUT2D eigenvalue weighted by molar-refractivity contribution is -0.362. The molecule has 4 aromatic rings. The van der Waals surface area contributed by atoms with E-state index in [0.717, 1.165) is 50.6 Å². The third-order valence-corrected chi connectivity index (χ3v) is 10.4. The molecule has 7 rings (SSSR count). The van der Waals surface area contributed by atoms with E-state index in [-0.39, 0.29) is 24.1 Å². The summed E-state index contributed by atoms with van der Waals surface area (Å²) < 4.78 is 42.7. The molecule has 2 aliphatic carbocycles. The number of nitrogens with zero attached hydrogens (tertiary/aromatic N) is 9. The minimum absolute atomic E-state index is 0.0719. The molecule has 1 unspecified atom stereocenters. The largest absolute Gasteiger partial charge is 0.741 e. The number of ether oxygens (including phenoxy) is 2. The number of morpholine rings is 1. The van der Waals surface area contributed by atoms with Gasteiger partial charge in [0.25, 0.3) is 0 Å². The Kier molecular flexibility index (Phi) is 8.76. The molecular weight excluding hydrogens is 636 g/mol. The number of sulfonamides is 1. The number of hydrogen-bond donors (Lipinski definition) is 1. The van der Waals surface area contributed by atoms with Crippen molar-refractivity contribution in [1.82, 2.24) is 29.5 Å². The van der Waals surface area contributed by atoms with Gasteiger partial charge in [0.2, 0.25) is 21.9 Å². The van der Waals surface area contributed by atoms with Crippen LogP contribution < -0.4 is 19.3 Å². The smallest absolute Gasteiger partial charge is 0.399 e. The molecule has 5 heterocycles. The van der Waals surface area contributed by atoms with E-state index >= 15 is 0 Å². The molecule has 4 aromatic heterocycles. The summed E-state index contributed by atoms with van der Waals surface area (Å²) in [5.74, 6) is 1.92. The molecule has 3 fully saturated rings. The van der Waals surface area contributed by atoms with Gasteiger partial charge in [-0.1, -0.05) is 4.98 Å². The maximum absolute atomic E-state index is 13.4. The number of anilines is 3. The Balaban J connectivity index is 1.22. The highest BCUT2D eigenvalue weighted by Gasteiger charge is 2.39. The summed E-state index contributed by atoms with van der Waals surface area (Å²) in [6.07, 6.45) is 12.7. The zero-order chi connectivity index (χ0) is 33.4. The minimum Gasteiger partial charge on any atom is -0.741 e. The van der Waals surface area contributed by atoms with E-state index in [4.69, 9.17) is 19.4 Å². The van der Waals surface area contributed by atoms with Gasteiger partial charge in [-0.25, -0.2) is 23.0 Å². The van der Waals surface area contributed by atoms with E-state index in [1.807, 2.05) is 6.07 Å². The third-order valence-electron chi connectivity index (χ3n) is 9.14. The zero-order valence-corrected chi connectivity index (χ0v) is 27.9. The average Bonchev–Trinajstić information content (AvgIpc) is 3.82. The molecule has 0 bridgehead atoms. The van der Waals surface area contributed by atoms with E-state index in [0.29, 0.717) is 65.2 Å². The Morgan fingerprint density at radius 1 is 1.06 bits per heavy atom. The van der Waals surface area contributed by atoms with Gasteiger partial charge in [0, 0.05) is 44.3 Å². The average molecular weight is 677 g/mol. The lowest BCUT2D eigenvalue weighted by Crippen LogP contribution is -2.37. The maximum atomic E-state index is 13.4. The fourth-order valence-electron chi connectivity index (χ4n) is 6.66. The van der Waals surface area contributed by atoms with Crippen molar-refractivity contribution in [2.75, 3.05) is 47.1 Å². The van der Waals surface area contributed by atoms with Gasteiger partial charge in [0.05, 0.1) is 54.3 Å². The van der Waals surface area contributed by atoms with Crippen molar-refractivity contribution < 1.29 is 22.6 Å². The molecular formula is C32H40N10O5S. The van der Waals surface area contributed by atoms with E-state index in [1.165, 1.54) is 4.31 Å². The molecule has 254 valence electrons. The molecule has 0 amide bonds. The molecule has 3 aliphatic rings. The first-order chi connectivity index (χ1) is 23.2. The van der Waals surface area contributed by atoms with Crippen LogP contribution in [0.3, 0.4) is 0 Å². The second-order valence-electron chi connectivity index (χ2n) is 12.7. The summed E-state index contributed by atoms with van der Waals surface area (Å²) in [6, 6.07) is 5.10. The number of pyridine rings is 2. The SMILES string of the molecule is C=[N+]([O-])c1ncc(C(C)N(c2cnc3cc(N4CCOCC4)nc(O[C@H]4CC[C@@H](Nc5ncccn5)CC4)c3c2)S(C)(=O)=O)n1C1CC1. The number of fused-ring (bicyclic) bond motifs is 1. The monoisotopic (exact) mass is 676 g/mol. The summed E-state index contributed by atoms with van der Waals surface area (Å²) >= 11 is 0. The molecule has 48 heavy (non-hydrogen) atoms. The standard InChI is InChI=1S/C32H40N10O5S/c1-21(28-20-36-32(39(2)43)41(28)23-7-8-23)42(48(3,44)45)24-17-26-27(35-19-24)18-29(40-13-15-46-16-14-40)38-30(26)47-25-9-5-22(6-10-25)37-31-33-11-4-12-34-31/h4,11-12,17-23,25H,2,5-10,13-16H2,1,3H3,(H,33,34,37)/t21?,22-,25+. The summed E-state index contributed by atoms with van der Waals surface area (Å²) in [6.45, 7) is 7.84. The van der Waals surface area contributed by atoms with Gasteiger partial charge in [-0.05, 0) is 57.6 Å². The van der Waals surface area contributed by atoms with Crippen LogP contribution >= 0.6 is 0 Å². The van der Waals surface area contributed by atoms with Crippen LogP contribution in [-0.4, -0.2) is 94.1 Å². The molecule has 1 atom stereocenters. The van der Waals surface area contributed by atoms with Crippen molar-refractivity contribution in [3.63, 3.8) is 0 Å². The number of nitrogens with one attached hydrogen (secondary N) is 1. The Bertz CT molecular complexity index is 1890. The van der Waals surface area contributed by atoms with Gasteiger partial charge in [-0.3, -0.25) is 14.0 Å². The van der Waals surface area contributed by atoms with Crippen molar-refractivity contribution >= 4 is 51.0 Å². The molecule has 2 saturated carbocycles. The third kappa shape index (κ3) is 6.71. The molecule has 1 aliphatic heterocycles. The Morgan fingerprint density at radius 3 is 2.46 bits per heavy atom.